The van der Waals surface area contributed by atoms with Crippen molar-refractivity contribution in [2.75, 3.05) is 13.1 Å². The fraction of sp³-hybridized carbons (Fsp3) is 0.625. The molecule has 2 N–H and O–H groups in total. The van der Waals surface area contributed by atoms with Gasteiger partial charge in [-0.1, -0.05) is 57.9 Å². The Morgan fingerprint density at radius 2 is 1.57 bits per heavy atom. The summed E-state index contributed by atoms with van der Waals surface area (Å²) in [4.78, 5) is 0. The van der Waals surface area contributed by atoms with Crippen molar-refractivity contribution < 1.29 is 8.42 Å². The van der Waals surface area contributed by atoms with Crippen LogP contribution in [-0.4, -0.2) is 25.8 Å². The monoisotopic (exact) mass is 312 g/mol. The summed E-state index contributed by atoms with van der Waals surface area (Å²) in [6.07, 6.45) is 2.02. The largest absolute Gasteiger partial charge is 0.326 e. The Morgan fingerprint density at radius 1 is 1.05 bits per heavy atom. The molecule has 1 rings (SSSR count). The molecular formula is C16H28N2O2S. The topological polar surface area (TPSA) is 63.4 Å². The fourth-order valence-electron chi connectivity index (χ4n) is 2.35. The standard InChI is InChI=1S/C16H28N2O2S/c1-4-14(5-2)12-18(6-3)21(19,20)13-16-9-7-15(11-17)8-10-16/h7-10,14H,4-6,11-13,17H2,1-3H3. The summed E-state index contributed by atoms with van der Waals surface area (Å²) in [5.74, 6) is 0.491. The van der Waals surface area contributed by atoms with E-state index in [4.69, 9.17) is 5.73 Å². The second-order valence-electron chi connectivity index (χ2n) is 5.41. The molecule has 0 fully saturated rings. The highest BCUT2D eigenvalue weighted by atomic mass is 32.2. The Morgan fingerprint density at radius 3 is 2.00 bits per heavy atom. The van der Waals surface area contributed by atoms with Crippen molar-refractivity contribution in [3.63, 3.8) is 0 Å². The number of nitrogens with zero attached hydrogens (tertiary/aromatic N) is 1. The number of benzene rings is 1. The van der Waals surface area contributed by atoms with Crippen molar-refractivity contribution in [1.82, 2.24) is 4.31 Å². The van der Waals surface area contributed by atoms with E-state index in [9.17, 15) is 8.42 Å². The molecule has 0 saturated carbocycles. The lowest BCUT2D eigenvalue weighted by atomic mass is 10.0. The molecule has 0 spiro atoms. The average Bonchev–Trinajstić information content (AvgIpc) is 2.48. The first-order valence-electron chi connectivity index (χ1n) is 7.72. The van der Waals surface area contributed by atoms with E-state index in [-0.39, 0.29) is 5.75 Å². The molecule has 0 bridgehead atoms. The maximum atomic E-state index is 12.6. The molecule has 0 unspecified atom stereocenters. The van der Waals surface area contributed by atoms with Gasteiger partial charge >= 0.3 is 0 Å². The SMILES string of the molecule is CCC(CC)CN(CC)S(=O)(=O)Cc1ccc(CN)cc1. The highest BCUT2D eigenvalue weighted by Gasteiger charge is 2.23. The van der Waals surface area contributed by atoms with Crippen LogP contribution >= 0.6 is 0 Å². The normalized spacial score (nSPS) is 12.3. The third-order valence-electron chi connectivity index (χ3n) is 3.97. The molecule has 0 aliphatic rings. The number of hydrogen-bond donors (Lipinski definition) is 1. The highest BCUT2D eigenvalue weighted by molar-refractivity contribution is 7.88. The van der Waals surface area contributed by atoms with E-state index in [0.717, 1.165) is 24.0 Å². The van der Waals surface area contributed by atoms with Crippen LogP contribution < -0.4 is 5.73 Å². The van der Waals surface area contributed by atoms with Crippen molar-refractivity contribution in [2.24, 2.45) is 11.7 Å². The Labute approximate surface area is 129 Å². The first-order chi connectivity index (χ1) is 9.96. The van der Waals surface area contributed by atoms with Gasteiger partial charge in [-0.3, -0.25) is 0 Å². The van der Waals surface area contributed by atoms with Gasteiger partial charge in [-0.15, -0.1) is 0 Å². The predicted molar refractivity (Wildman–Crippen MR) is 88.3 cm³/mol. The molecule has 120 valence electrons. The van der Waals surface area contributed by atoms with E-state index < -0.39 is 10.0 Å². The Bertz CT molecular complexity index is 508. The number of nitrogens with two attached hydrogens (primary N) is 1. The number of hydrogen-bond acceptors (Lipinski definition) is 3. The minimum absolute atomic E-state index is 0.0613. The van der Waals surface area contributed by atoms with Crippen LogP contribution in [0.2, 0.25) is 0 Å². The van der Waals surface area contributed by atoms with Gasteiger partial charge in [-0.2, -0.15) is 0 Å². The maximum Gasteiger partial charge on any atom is 0.218 e. The summed E-state index contributed by atoms with van der Waals surface area (Å²) in [6.45, 7) is 7.74. The molecule has 0 heterocycles. The molecule has 1 aromatic carbocycles. The van der Waals surface area contributed by atoms with Gasteiger partial charge in [-0.25, -0.2) is 12.7 Å². The zero-order valence-electron chi connectivity index (χ0n) is 13.4. The summed E-state index contributed by atoms with van der Waals surface area (Å²) in [6, 6.07) is 7.49. The highest BCUT2D eigenvalue weighted by Crippen LogP contribution is 2.16. The zero-order chi connectivity index (χ0) is 15.9. The van der Waals surface area contributed by atoms with E-state index in [1.54, 1.807) is 4.31 Å². The summed E-state index contributed by atoms with van der Waals surface area (Å²) in [5, 5.41) is 0. The Hall–Kier alpha value is -0.910. The quantitative estimate of drug-likeness (QED) is 0.762. The van der Waals surface area contributed by atoms with Crippen molar-refractivity contribution in [3.8, 4) is 0 Å². The predicted octanol–water partition coefficient (Wildman–Crippen LogP) is 2.73. The molecule has 0 aromatic heterocycles. The van der Waals surface area contributed by atoms with Gasteiger partial charge in [0.05, 0.1) is 5.75 Å². The fourth-order valence-corrected chi connectivity index (χ4v) is 3.98. The second-order valence-corrected chi connectivity index (χ2v) is 7.38. The molecule has 5 heteroatoms. The van der Waals surface area contributed by atoms with Crippen molar-refractivity contribution in [3.05, 3.63) is 35.4 Å². The summed E-state index contributed by atoms with van der Waals surface area (Å²) >= 11 is 0. The number of rotatable bonds is 9. The molecule has 4 nitrogen and oxygen atoms in total. The molecule has 21 heavy (non-hydrogen) atoms. The van der Waals surface area contributed by atoms with Crippen LogP contribution in [0.15, 0.2) is 24.3 Å². The minimum Gasteiger partial charge on any atom is -0.326 e. The van der Waals surface area contributed by atoms with Crippen LogP contribution in [0.3, 0.4) is 0 Å². The van der Waals surface area contributed by atoms with E-state index in [1.165, 1.54) is 0 Å². The third-order valence-corrected chi connectivity index (χ3v) is 5.86. The van der Waals surface area contributed by atoms with Crippen molar-refractivity contribution >= 4 is 10.0 Å². The first kappa shape index (κ1) is 18.1. The summed E-state index contributed by atoms with van der Waals surface area (Å²) in [5.41, 5.74) is 7.39. The molecule has 0 atom stereocenters. The van der Waals surface area contributed by atoms with Gasteiger partial charge in [0.1, 0.15) is 0 Å². The third kappa shape index (κ3) is 5.41. The lowest BCUT2D eigenvalue weighted by Gasteiger charge is -2.24. The van der Waals surface area contributed by atoms with Crippen LogP contribution in [0, 0.1) is 5.92 Å². The summed E-state index contributed by atoms with van der Waals surface area (Å²) < 4.78 is 26.7. The zero-order valence-corrected chi connectivity index (χ0v) is 14.2. The second kappa shape index (κ2) is 8.51. The smallest absolute Gasteiger partial charge is 0.218 e. The van der Waals surface area contributed by atoms with E-state index in [1.807, 2.05) is 31.2 Å². The maximum absolute atomic E-state index is 12.6. The molecule has 0 aliphatic carbocycles. The van der Waals surface area contributed by atoms with Gasteiger partial charge < -0.3 is 5.73 Å². The van der Waals surface area contributed by atoms with E-state index >= 15 is 0 Å². The van der Waals surface area contributed by atoms with E-state index in [2.05, 4.69) is 13.8 Å². The molecule has 1 aromatic rings. The Kier molecular flexibility index (Phi) is 7.35. The molecule has 0 saturated heterocycles. The molecule has 0 radical (unpaired) electrons. The minimum atomic E-state index is -3.26. The van der Waals surface area contributed by atoms with Gasteiger partial charge in [0, 0.05) is 19.6 Å². The Balaban J connectivity index is 2.81. The van der Waals surface area contributed by atoms with Crippen LogP contribution in [0.1, 0.15) is 44.7 Å². The molecular weight excluding hydrogens is 284 g/mol. The summed E-state index contributed by atoms with van der Waals surface area (Å²) in [7, 11) is -3.26. The van der Waals surface area contributed by atoms with Crippen LogP contribution in [0.4, 0.5) is 0 Å². The number of sulfonamides is 1. The van der Waals surface area contributed by atoms with Crippen LogP contribution in [0.25, 0.3) is 0 Å². The molecule has 0 amide bonds. The van der Waals surface area contributed by atoms with E-state index in [0.29, 0.717) is 25.6 Å². The van der Waals surface area contributed by atoms with Gasteiger partial charge in [0.25, 0.3) is 0 Å². The molecule has 0 aliphatic heterocycles. The van der Waals surface area contributed by atoms with Crippen LogP contribution in [-0.2, 0) is 22.3 Å². The van der Waals surface area contributed by atoms with Crippen molar-refractivity contribution in [2.45, 2.75) is 45.9 Å². The lowest BCUT2D eigenvalue weighted by molar-refractivity contribution is 0.339. The van der Waals surface area contributed by atoms with Crippen LogP contribution in [0.5, 0.6) is 0 Å². The van der Waals surface area contributed by atoms with Gasteiger partial charge in [0.15, 0.2) is 0 Å². The van der Waals surface area contributed by atoms with Gasteiger partial charge in [-0.05, 0) is 17.0 Å². The average molecular weight is 312 g/mol. The van der Waals surface area contributed by atoms with Crippen molar-refractivity contribution in [1.29, 1.82) is 0 Å². The first-order valence-corrected chi connectivity index (χ1v) is 9.33. The van der Waals surface area contributed by atoms with Gasteiger partial charge in [0.2, 0.25) is 10.0 Å². The lowest BCUT2D eigenvalue weighted by Crippen LogP contribution is -2.35.